The first-order chi connectivity index (χ1) is 21.0. The van der Waals surface area contributed by atoms with Gasteiger partial charge in [0.25, 0.3) is 5.91 Å². The summed E-state index contributed by atoms with van der Waals surface area (Å²) in [6.07, 6.45) is -0.684. The highest BCUT2D eigenvalue weighted by Gasteiger charge is 2.61. The van der Waals surface area contributed by atoms with E-state index in [0.717, 1.165) is 16.7 Å². The molecule has 43 heavy (non-hydrogen) atoms. The topological polar surface area (TPSA) is 153 Å². The summed E-state index contributed by atoms with van der Waals surface area (Å²) in [5, 5.41) is 15.9. The summed E-state index contributed by atoms with van der Waals surface area (Å²) < 4.78 is 19.6. The molecule has 0 saturated carbocycles. The van der Waals surface area contributed by atoms with Gasteiger partial charge in [-0.1, -0.05) is 103 Å². The summed E-state index contributed by atoms with van der Waals surface area (Å²) in [6.45, 7) is 0. The van der Waals surface area contributed by atoms with E-state index in [1.54, 1.807) is 0 Å². The van der Waals surface area contributed by atoms with Crippen LogP contribution in [0.1, 0.15) is 22.8 Å². The van der Waals surface area contributed by atoms with Gasteiger partial charge in [0, 0.05) is 11.3 Å². The molecule has 4 aromatic rings. The van der Waals surface area contributed by atoms with Crippen LogP contribution in [0.2, 0.25) is 0 Å². The van der Waals surface area contributed by atoms with Crippen LogP contribution in [0.15, 0.2) is 107 Å². The van der Waals surface area contributed by atoms with E-state index >= 15 is 0 Å². The maximum atomic E-state index is 14.0. The number of H-pyrrole nitrogens is 1. The van der Waals surface area contributed by atoms with Crippen molar-refractivity contribution in [2.75, 3.05) is 11.5 Å². The van der Waals surface area contributed by atoms with Crippen molar-refractivity contribution >= 4 is 40.7 Å². The van der Waals surface area contributed by atoms with Gasteiger partial charge in [-0.3, -0.25) is 14.5 Å². The summed E-state index contributed by atoms with van der Waals surface area (Å²) in [5.74, 6) is -1.42. The number of carbonyl (C=O) groups excluding carboxylic acids is 3. The Morgan fingerprint density at radius 2 is 1.65 bits per heavy atom. The maximum Gasteiger partial charge on any atom is 0.356 e. The molecule has 3 aromatic carbocycles. The van der Waals surface area contributed by atoms with E-state index in [1.165, 1.54) is 16.7 Å². The van der Waals surface area contributed by atoms with E-state index in [4.69, 9.17) is 4.74 Å². The van der Waals surface area contributed by atoms with E-state index in [1.807, 2.05) is 91.0 Å². The molecule has 0 radical (unpaired) electrons. The molecular weight excluding hydrogens is 589 g/mol. The second-order valence-electron chi connectivity index (χ2n) is 9.89. The van der Waals surface area contributed by atoms with E-state index in [0.29, 0.717) is 10.7 Å². The van der Waals surface area contributed by atoms with Crippen LogP contribution in [0.4, 0.5) is 0 Å². The standard InChI is InChI=1S/C30H26N6O5S2/c37-23(16-19-10-4-1-5-11-19)31-24-27(38)36-25(22(18-43(40)28(24)36)17-42-30-32-34-35-33-30)29(39)41-26(20-12-6-2-7-13-20)21-14-8-3-9-15-21/h1-15,24,26,28H,16-18H2,(H,31,37)(H,32,33,34,35)/t24?,28-,43?/m1/s1. The Balaban J connectivity index is 1.28. The number of rotatable bonds is 10. The quantitative estimate of drug-likeness (QED) is 0.119. The van der Waals surface area contributed by atoms with Crippen LogP contribution in [0.3, 0.4) is 0 Å². The largest absolute Gasteiger partial charge is 0.614 e. The van der Waals surface area contributed by atoms with Crippen LogP contribution >= 0.6 is 11.8 Å². The third kappa shape index (κ3) is 6.19. The summed E-state index contributed by atoms with van der Waals surface area (Å²) in [6, 6.07) is 26.7. The highest BCUT2D eigenvalue weighted by molar-refractivity contribution is 7.99. The van der Waals surface area contributed by atoms with Gasteiger partial charge in [0.2, 0.25) is 16.4 Å². The van der Waals surface area contributed by atoms with E-state index < -0.39 is 40.6 Å². The smallest absolute Gasteiger partial charge is 0.356 e. The number of carbonyl (C=O) groups is 3. The van der Waals surface area contributed by atoms with Crippen LogP contribution in [-0.2, 0) is 36.7 Å². The molecule has 11 nitrogen and oxygen atoms in total. The Labute approximate surface area is 254 Å². The predicted molar refractivity (Wildman–Crippen MR) is 158 cm³/mol. The van der Waals surface area contributed by atoms with Gasteiger partial charge < -0.3 is 14.6 Å². The first-order valence-electron chi connectivity index (χ1n) is 13.4. The number of nitrogens with zero attached hydrogens (tertiary/aromatic N) is 4. The minimum absolute atomic E-state index is 0.0137. The van der Waals surface area contributed by atoms with Crippen molar-refractivity contribution < 1.29 is 23.7 Å². The molecule has 2 amide bonds. The third-order valence-electron chi connectivity index (χ3n) is 7.06. The van der Waals surface area contributed by atoms with Crippen LogP contribution < -0.4 is 5.32 Å². The minimum Gasteiger partial charge on any atom is -0.614 e. The number of benzene rings is 3. The lowest BCUT2D eigenvalue weighted by molar-refractivity contribution is -0.155. The van der Waals surface area contributed by atoms with E-state index in [-0.39, 0.29) is 29.5 Å². The number of fused-ring (bicyclic) bond motifs is 1. The molecule has 3 atom stereocenters. The lowest BCUT2D eigenvalue weighted by atomic mass is 10.0. The van der Waals surface area contributed by atoms with Gasteiger partial charge in [0.15, 0.2) is 12.1 Å². The summed E-state index contributed by atoms with van der Waals surface area (Å²) >= 11 is -0.382. The third-order valence-corrected chi connectivity index (χ3v) is 9.65. The molecule has 6 rings (SSSR count). The Kier molecular flexibility index (Phi) is 8.54. The molecule has 1 aromatic heterocycles. The summed E-state index contributed by atoms with van der Waals surface area (Å²) in [5.41, 5.74) is 2.78. The van der Waals surface area contributed by atoms with E-state index in [2.05, 4.69) is 25.9 Å². The first kappa shape index (κ1) is 28.6. The van der Waals surface area contributed by atoms with Gasteiger partial charge in [-0.05, 0) is 38.3 Å². The molecule has 0 bridgehead atoms. The highest BCUT2D eigenvalue weighted by atomic mass is 32.2. The number of esters is 1. The molecule has 2 aliphatic heterocycles. The second-order valence-corrected chi connectivity index (χ2v) is 12.4. The van der Waals surface area contributed by atoms with Gasteiger partial charge in [0.1, 0.15) is 11.4 Å². The molecular formula is C30H26N6O5S2. The van der Waals surface area contributed by atoms with Gasteiger partial charge in [-0.15, -0.1) is 5.10 Å². The lowest BCUT2D eigenvalue weighted by Gasteiger charge is -2.49. The average molecular weight is 615 g/mol. The zero-order valence-corrected chi connectivity index (χ0v) is 24.3. The fourth-order valence-corrected chi connectivity index (χ4v) is 7.64. The molecule has 2 aliphatic rings. The van der Waals surface area contributed by atoms with Crippen molar-refractivity contribution in [1.82, 2.24) is 30.8 Å². The molecule has 3 heterocycles. The first-order valence-corrected chi connectivity index (χ1v) is 15.8. The number of thioether (sulfide) groups is 1. The van der Waals surface area contributed by atoms with Crippen LogP contribution in [0.5, 0.6) is 0 Å². The molecule has 1 fully saturated rings. The van der Waals surface area contributed by atoms with Crippen molar-refractivity contribution in [2.45, 2.75) is 29.1 Å². The van der Waals surface area contributed by atoms with Crippen molar-refractivity contribution in [1.29, 1.82) is 0 Å². The maximum absolute atomic E-state index is 14.0. The summed E-state index contributed by atoms with van der Waals surface area (Å²) in [7, 11) is 0. The number of nitrogens with one attached hydrogen (secondary N) is 2. The Bertz CT molecular complexity index is 1580. The zero-order chi connectivity index (χ0) is 29.8. The number of tetrazole rings is 1. The Hall–Kier alpha value is -4.46. The van der Waals surface area contributed by atoms with Gasteiger partial charge in [-0.25, -0.2) is 9.89 Å². The number of amides is 2. The minimum atomic E-state index is -1.59. The number of aromatic nitrogens is 4. The molecule has 2 unspecified atom stereocenters. The van der Waals surface area contributed by atoms with Crippen molar-refractivity contribution in [2.24, 2.45) is 0 Å². The normalized spacial score (nSPS) is 19.5. The Morgan fingerprint density at radius 1 is 1.02 bits per heavy atom. The number of aromatic amines is 1. The fraction of sp³-hybridized carbons (Fsp3) is 0.200. The number of hydrogen-bond acceptors (Lipinski definition) is 9. The number of β-lactam (4-membered cyclic amide) rings is 1. The van der Waals surface area contributed by atoms with Gasteiger partial charge in [-0.2, -0.15) is 0 Å². The number of ether oxygens (including phenoxy) is 1. The summed E-state index contributed by atoms with van der Waals surface area (Å²) in [4.78, 5) is 41.6. The Morgan fingerprint density at radius 3 is 2.26 bits per heavy atom. The van der Waals surface area contributed by atoms with E-state index in [9.17, 15) is 18.9 Å². The monoisotopic (exact) mass is 614 g/mol. The molecule has 13 heteroatoms. The van der Waals surface area contributed by atoms with Crippen LogP contribution in [0, 0.1) is 0 Å². The second kappa shape index (κ2) is 12.8. The van der Waals surface area contributed by atoms with Crippen molar-refractivity contribution in [3.8, 4) is 0 Å². The molecule has 2 N–H and O–H groups in total. The fourth-order valence-electron chi connectivity index (χ4n) is 5.07. The van der Waals surface area contributed by atoms with Crippen molar-refractivity contribution in [3.05, 3.63) is 119 Å². The predicted octanol–water partition coefficient (Wildman–Crippen LogP) is 2.54. The lowest BCUT2D eigenvalue weighted by Crippen LogP contribution is -2.75. The molecule has 1 saturated heterocycles. The van der Waals surface area contributed by atoms with Crippen LogP contribution in [-0.4, -0.2) is 70.8 Å². The number of hydrogen-bond donors (Lipinski definition) is 2. The highest BCUT2D eigenvalue weighted by Crippen LogP contribution is 2.39. The van der Waals surface area contributed by atoms with Gasteiger partial charge in [0.05, 0.1) is 6.42 Å². The van der Waals surface area contributed by atoms with Crippen LogP contribution in [0.25, 0.3) is 0 Å². The van der Waals surface area contributed by atoms with Gasteiger partial charge >= 0.3 is 5.97 Å². The zero-order valence-electron chi connectivity index (χ0n) is 22.7. The van der Waals surface area contributed by atoms with Crippen molar-refractivity contribution in [3.63, 3.8) is 0 Å². The SMILES string of the molecule is O=C(Cc1ccccc1)NC1C(=O)N2C(C(=O)OC(c3ccccc3)c3ccccc3)=C(CSc3nnn[nH]3)C[S+]([O-])[C@H]12. The molecule has 218 valence electrons. The average Bonchev–Trinajstić information content (AvgIpc) is 3.56. The molecule has 0 spiro atoms. The molecule has 0 aliphatic carbocycles.